The lowest BCUT2D eigenvalue weighted by Gasteiger charge is -2.31. The molecule has 2 aliphatic heterocycles. The summed E-state index contributed by atoms with van der Waals surface area (Å²) in [5, 5.41) is 3.22. The maximum atomic E-state index is 12.5. The van der Waals surface area contributed by atoms with Crippen LogP contribution in [0.2, 0.25) is 0 Å². The smallest absolute Gasteiger partial charge is 0.261 e. The van der Waals surface area contributed by atoms with Crippen LogP contribution in [-0.4, -0.2) is 67.9 Å². The zero-order chi connectivity index (χ0) is 18.0. The van der Waals surface area contributed by atoms with Crippen molar-refractivity contribution in [3.8, 4) is 0 Å². The normalized spacial score (nSPS) is 18.9. The summed E-state index contributed by atoms with van der Waals surface area (Å²) >= 11 is 0. The topological polar surface area (TPSA) is 86.8 Å². The summed E-state index contributed by atoms with van der Waals surface area (Å²) in [5.74, 6) is -0.754. The number of hydrogen-bond donors (Lipinski definition) is 1. The molecule has 8 heteroatoms. The molecule has 0 atom stereocenters. The molecule has 7 nitrogen and oxygen atoms in total. The minimum absolute atomic E-state index is 0.0190. The van der Waals surface area contributed by atoms with Crippen molar-refractivity contribution in [1.29, 1.82) is 0 Å². The molecule has 136 valence electrons. The molecule has 1 N–H and O–H groups in total. The predicted molar refractivity (Wildman–Crippen MR) is 93.9 cm³/mol. The predicted octanol–water partition coefficient (Wildman–Crippen LogP) is 0.686. The van der Waals surface area contributed by atoms with E-state index in [1.807, 2.05) is 0 Å². The van der Waals surface area contributed by atoms with Crippen molar-refractivity contribution >= 4 is 21.8 Å². The van der Waals surface area contributed by atoms with Crippen LogP contribution < -0.4 is 5.32 Å². The Morgan fingerprint density at radius 2 is 1.68 bits per heavy atom. The second-order valence-electron chi connectivity index (χ2n) is 6.47. The molecular weight excluding hydrogens is 342 g/mol. The van der Waals surface area contributed by atoms with Crippen LogP contribution in [0.3, 0.4) is 0 Å². The van der Waals surface area contributed by atoms with Crippen LogP contribution in [0.4, 0.5) is 0 Å². The molecule has 0 aliphatic carbocycles. The van der Waals surface area contributed by atoms with E-state index in [2.05, 4.69) is 5.32 Å². The summed E-state index contributed by atoms with van der Waals surface area (Å²) in [5.41, 5.74) is 0.782. The van der Waals surface area contributed by atoms with Gasteiger partial charge >= 0.3 is 0 Å². The zero-order valence-corrected chi connectivity index (χ0v) is 15.1. The van der Waals surface area contributed by atoms with Crippen LogP contribution in [0.5, 0.6) is 0 Å². The van der Waals surface area contributed by atoms with Crippen LogP contribution >= 0.6 is 0 Å². The Morgan fingerprint density at radius 3 is 2.24 bits per heavy atom. The lowest BCUT2D eigenvalue weighted by Crippen LogP contribution is -2.45. The standard InChI is InChI=1S/C17H23N3O4S/c1-19(13-7-9-18-10-8-13)25(23,24)12-4-11-20-16(21)14-5-2-3-6-15(14)17(20)22/h2-3,5-6,13,18H,4,7-12H2,1H3. The van der Waals surface area contributed by atoms with Gasteiger partial charge in [-0.3, -0.25) is 14.5 Å². The van der Waals surface area contributed by atoms with Crippen molar-refractivity contribution in [3.05, 3.63) is 35.4 Å². The fourth-order valence-corrected chi connectivity index (χ4v) is 4.84. The number of carbonyl (C=O) groups is 2. The minimum atomic E-state index is -3.40. The summed E-state index contributed by atoms with van der Waals surface area (Å²) in [7, 11) is -1.78. The molecule has 1 aromatic rings. The highest BCUT2D eigenvalue weighted by Gasteiger charge is 2.35. The molecule has 2 amide bonds. The van der Waals surface area contributed by atoms with Gasteiger partial charge < -0.3 is 5.32 Å². The fourth-order valence-electron chi connectivity index (χ4n) is 3.39. The first kappa shape index (κ1) is 18.0. The molecule has 0 saturated carbocycles. The van der Waals surface area contributed by atoms with E-state index in [4.69, 9.17) is 0 Å². The second-order valence-corrected chi connectivity index (χ2v) is 8.62. The first-order valence-corrected chi connectivity index (χ1v) is 10.1. The van der Waals surface area contributed by atoms with Gasteiger partial charge in [-0.1, -0.05) is 12.1 Å². The Morgan fingerprint density at radius 1 is 1.12 bits per heavy atom. The molecule has 0 radical (unpaired) electrons. The third-order valence-electron chi connectivity index (χ3n) is 4.92. The van der Waals surface area contributed by atoms with Gasteiger partial charge in [0.25, 0.3) is 11.8 Å². The number of fused-ring (bicyclic) bond motifs is 1. The van der Waals surface area contributed by atoms with E-state index in [-0.39, 0.29) is 36.6 Å². The third kappa shape index (κ3) is 3.61. The van der Waals surface area contributed by atoms with E-state index in [0.29, 0.717) is 11.1 Å². The average molecular weight is 365 g/mol. The molecule has 0 unspecified atom stereocenters. The van der Waals surface area contributed by atoms with E-state index in [9.17, 15) is 18.0 Å². The highest BCUT2D eigenvalue weighted by molar-refractivity contribution is 7.89. The van der Waals surface area contributed by atoms with E-state index in [0.717, 1.165) is 30.8 Å². The van der Waals surface area contributed by atoms with Gasteiger partial charge in [-0.05, 0) is 44.5 Å². The minimum Gasteiger partial charge on any atom is -0.317 e. The largest absolute Gasteiger partial charge is 0.317 e. The first-order chi connectivity index (χ1) is 11.9. The Labute approximate surface area is 148 Å². The number of hydrogen-bond acceptors (Lipinski definition) is 5. The number of amides is 2. The molecule has 2 aliphatic rings. The van der Waals surface area contributed by atoms with E-state index in [1.165, 1.54) is 4.31 Å². The van der Waals surface area contributed by atoms with Gasteiger partial charge in [-0.2, -0.15) is 0 Å². The lowest BCUT2D eigenvalue weighted by molar-refractivity contribution is 0.0654. The van der Waals surface area contributed by atoms with Gasteiger partial charge in [0.05, 0.1) is 16.9 Å². The van der Waals surface area contributed by atoms with Crippen molar-refractivity contribution in [2.45, 2.75) is 25.3 Å². The number of carbonyl (C=O) groups excluding carboxylic acids is 2. The van der Waals surface area contributed by atoms with Crippen LogP contribution in [0.15, 0.2) is 24.3 Å². The van der Waals surface area contributed by atoms with Gasteiger partial charge in [0.1, 0.15) is 0 Å². The van der Waals surface area contributed by atoms with E-state index >= 15 is 0 Å². The number of benzene rings is 1. The molecule has 1 saturated heterocycles. The van der Waals surface area contributed by atoms with Gasteiger partial charge in [0.2, 0.25) is 10.0 Å². The highest BCUT2D eigenvalue weighted by atomic mass is 32.2. The van der Waals surface area contributed by atoms with Crippen molar-refractivity contribution in [2.24, 2.45) is 0 Å². The number of piperidine rings is 1. The van der Waals surface area contributed by atoms with Crippen molar-refractivity contribution < 1.29 is 18.0 Å². The SMILES string of the molecule is CN(C1CCNCC1)S(=O)(=O)CCCN1C(=O)c2ccccc2C1=O. The van der Waals surface area contributed by atoms with E-state index in [1.54, 1.807) is 31.3 Å². The number of nitrogens with zero attached hydrogens (tertiary/aromatic N) is 2. The molecule has 1 aromatic carbocycles. The number of imide groups is 1. The van der Waals surface area contributed by atoms with Crippen molar-refractivity contribution in [1.82, 2.24) is 14.5 Å². The summed E-state index contributed by atoms with van der Waals surface area (Å²) < 4.78 is 26.5. The van der Waals surface area contributed by atoms with Gasteiger partial charge in [-0.15, -0.1) is 0 Å². The van der Waals surface area contributed by atoms with Crippen molar-refractivity contribution in [2.75, 3.05) is 32.4 Å². The summed E-state index contributed by atoms with van der Waals surface area (Å²) in [6.07, 6.45) is 1.84. The van der Waals surface area contributed by atoms with Crippen LogP contribution in [0, 0.1) is 0 Å². The monoisotopic (exact) mass is 365 g/mol. The molecule has 25 heavy (non-hydrogen) atoms. The highest BCUT2D eigenvalue weighted by Crippen LogP contribution is 2.23. The maximum absolute atomic E-state index is 12.5. The van der Waals surface area contributed by atoms with Crippen LogP contribution in [0.25, 0.3) is 0 Å². The molecule has 3 rings (SSSR count). The van der Waals surface area contributed by atoms with Gasteiger partial charge in [0, 0.05) is 19.6 Å². The fraction of sp³-hybridized carbons (Fsp3) is 0.529. The average Bonchev–Trinajstić information content (AvgIpc) is 2.87. The maximum Gasteiger partial charge on any atom is 0.261 e. The van der Waals surface area contributed by atoms with Crippen LogP contribution in [0.1, 0.15) is 40.0 Å². The molecular formula is C17H23N3O4S. The molecule has 2 heterocycles. The first-order valence-electron chi connectivity index (χ1n) is 8.53. The third-order valence-corrected chi connectivity index (χ3v) is 6.90. The summed E-state index contributed by atoms with van der Waals surface area (Å²) in [6, 6.07) is 6.69. The Hall–Kier alpha value is -1.77. The van der Waals surface area contributed by atoms with Crippen molar-refractivity contribution in [3.63, 3.8) is 0 Å². The van der Waals surface area contributed by atoms with Crippen LogP contribution in [-0.2, 0) is 10.0 Å². The lowest BCUT2D eigenvalue weighted by atomic mass is 10.1. The number of sulfonamides is 1. The Kier molecular flexibility index (Phi) is 5.21. The number of rotatable bonds is 6. The number of nitrogens with one attached hydrogen (secondary N) is 1. The molecule has 1 fully saturated rings. The molecule has 0 bridgehead atoms. The Bertz CT molecular complexity index is 737. The van der Waals surface area contributed by atoms with Gasteiger partial charge in [-0.25, -0.2) is 12.7 Å². The quantitative estimate of drug-likeness (QED) is 0.750. The molecule has 0 aromatic heterocycles. The van der Waals surface area contributed by atoms with Gasteiger partial charge in [0.15, 0.2) is 0 Å². The Balaban J connectivity index is 1.57. The summed E-state index contributed by atoms with van der Waals surface area (Å²) in [4.78, 5) is 25.7. The zero-order valence-electron chi connectivity index (χ0n) is 14.3. The second kappa shape index (κ2) is 7.23. The molecule has 0 spiro atoms. The van der Waals surface area contributed by atoms with E-state index < -0.39 is 10.0 Å². The summed E-state index contributed by atoms with van der Waals surface area (Å²) in [6.45, 7) is 1.75.